The highest BCUT2D eigenvalue weighted by molar-refractivity contribution is 7.91. The molecule has 21 heavy (non-hydrogen) atoms. The molecule has 1 atom stereocenters. The van der Waals surface area contributed by atoms with Gasteiger partial charge in [-0.25, -0.2) is 17.2 Å². The second-order valence-corrected chi connectivity index (χ2v) is 6.53. The molecule has 2 aromatic carbocycles. The number of halogens is 2. The van der Waals surface area contributed by atoms with Crippen LogP contribution in [0, 0.1) is 25.1 Å². The van der Waals surface area contributed by atoms with E-state index in [4.69, 9.17) is 6.57 Å². The van der Waals surface area contributed by atoms with Crippen molar-refractivity contribution in [2.24, 2.45) is 0 Å². The van der Waals surface area contributed by atoms with Crippen LogP contribution in [-0.4, -0.2) is 8.42 Å². The second-order valence-electron chi connectivity index (χ2n) is 4.53. The van der Waals surface area contributed by atoms with Crippen LogP contribution >= 0.6 is 0 Å². The summed E-state index contributed by atoms with van der Waals surface area (Å²) in [5.41, 5.74) is 0.586. The van der Waals surface area contributed by atoms with Crippen molar-refractivity contribution in [3.05, 3.63) is 70.1 Å². The molecule has 0 aliphatic rings. The van der Waals surface area contributed by atoms with E-state index in [1.807, 2.05) is 0 Å². The molecule has 108 valence electrons. The first-order valence-corrected chi connectivity index (χ1v) is 7.56. The van der Waals surface area contributed by atoms with Crippen molar-refractivity contribution in [1.29, 1.82) is 0 Å². The lowest BCUT2D eigenvalue weighted by atomic mass is 10.2. The number of hydrogen-bond acceptors (Lipinski definition) is 2. The Morgan fingerprint density at radius 2 is 1.71 bits per heavy atom. The quantitative estimate of drug-likeness (QED) is 0.867. The summed E-state index contributed by atoms with van der Waals surface area (Å²) in [7, 11) is -4.01. The van der Waals surface area contributed by atoms with Crippen LogP contribution in [-0.2, 0) is 9.84 Å². The van der Waals surface area contributed by atoms with Crippen molar-refractivity contribution in [2.75, 3.05) is 0 Å². The fraction of sp³-hybridized carbons (Fsp3) is 0.133. The number of nitrogens with zero attached hydrogens (tertiary/aromatic N) is 1. The first-order chi connectivity index (χ1) is 9.86. The van der Waals surface area contributed by atoms with Gasteiger partial charge in [0.05, 0.1) is 10.5 Å². The Morgan fingerprint density at radius 3 is 2.24 bits per heavy atom. The third-order valence-corrected chi connectivity index (χ3v) is 4.90. The van der Waals surface area contributed by atoms with Gasteiger partial charge in [-0.15, -0.1) is 0 Å². The van der Waals surface area contributed by atoms with E-state index < -0.39 is 26.8 Å². The Morgan fingerprint density at radius 1 is 1.10 bits per heavy atom. The molecule has 0 amide bonds. The van der Waals surface area contributed by atoms with Gasteiger partial charge in [0, 0.05) is 6.07 Å². The predicted octanol–water partition coefficient (Wildman–Crippen LogP) is 3.71. The molecule has 0 N–H and O–H groups in total. The van der Waals surface area contributed by atoms with Gasteiger partial charge in [-0.05, 0) is 31.2 Å². The van der Waals surface area contributed by atoms with E-state index >= 15 is 0 Å². The molecule has 0 aliphatic carbocycles. The van der Waals surface area contributed by atoms with Gasteiger partial charge in [0.25, 0.3) is 16.4 Å². The first kappa shape index (κ1) is 15.1. The number of aryl methyl sites for hydroxylation is 1. The topological polar surface area (TPSA) is 38.5 Å². The van der Waals surface area contributed by atoms with Crippen LogP contribution in [0.2, 0.25) is 0 Å². The molecule has 0 aromatic heterocycles. The van der Waals surface area contributed by atoms with Crippen LogP contribution in [0.1, 0.15) is 16.5 Å². The van der Waals surface area contributed by atoms with Gasteiger partial charge in [-0.2, -0.15) is 0 Å². The highest BCUT2D eigenvalue weighted by Gasteiger charge is 2.39. The lowest BCUT2D eigenvalue weighted by Crippen LogP contribution is -2.12. The van der Waals surface area contributed by atoms with E-state index in [1.165, 1.54) is 12.1 Å². The summed E-state index contributed by atoms with van der Waals surface area (Å²) < 4.78 is 51.7. The van der Waals surface area contributed by atoms with Gasteiger partial charge in [0.2, 0.25) is 0 Å². The Labute approximate surface area is 121 Å². The first-order valence-electron chi connectivity index (χ1n) is 6.02. The predicted molar refractivity (Wildman–Crippen MR) is 75.8 cm³/mol. The van der Waals surface area contributed by atoms with Crippen LogP contribution < -0.4 is 0 Å². The van der Waals surface area contributed by atoms with E-state index in [1.54, 1.807) is 19.1 Å². The summed E-state index contributed by atoms with van der Waals surface area (Å²) >= 11 is 0. The molecule has 0 bridgehead atoms. The number of rotatable bonds is 3. The number of sulfone groups is 1. The Hall–Kier alpha value is -2.26. The van der Waals surface area contributed by atoms with Gasteiger partial charge in [-0.1, -0.05) is 22.5 Å². The van der Waals surface area contributed by atoms with Gasteiger partial charge >= 0.3 is 5.37 Å². The summed E-state index contributed by atoms with van der Waals surface area (Å²) in [6, 6.07) is 8.59. The molecule has 6 heteroatoms. The smallest absolute Gasteiger partial charge is 0.215 e. The van der Waals surface area contributed by atoms with E-state index in [-0.39, 0.29) is 10.5 Å². The lowest BCUT2D eigenvalue weighted by Gasteiger charge is -2.06. The highest BCUT2D eigenvalue weighted by atomic mass is 32.2. The zero-order chi connectivity index (χ0) is 15.6. The van der Waals surface area contributed by atoms with Gasteiger partial charge in [0.1, 0.15) is 11.6 Å². The fourth-order valence-corrected chi connectivity index (χ4v) is 3.35. The Bertz CT molecular complexity index is 809. The van der Waals surface area contributed by atoms with Crippen LogP contribution in [0.25, 0.3) is 4.85 Å². The van der Waals surface area contributed by atoms with E-state index in [0.717, 1.165) is 17.7 Å². The maximum atomic E-state index is 13.8. The van der Waals surface area contributed by atoms with E-state index in [2.05, 4.69) is 4.85 Å². The lowest BCUT2D eigenvalue weighted by molar-refractivity contribution is 0.564. The van der Waals surface area contributed by atoms with Crippen molar-refractivity contribution in [2.45, 2.75) is 17.2 Å². The largest absolute Gasteiger partial charge is 0.400 e. The SMILES string of the molecule is C#[N+][C@H](c1ccc(F)cc1F)S(=O)(=O)c1ccc(C)cc1. The monoisotopic (exact) mass is 308 g/mol. The number of benzene rings is 2. The summed E-state index contributed by atoms with van der Waals surface area (Å²) in [5, 5.41) is -1.62. The van der Waals surface area contributed by atoms with E-state index in [9.17, 15) is 17.2 Å². The Balaban J connectivity index is 2.55. The second kappa shape index (κ2) is 5.62. The maximum absolute atomic E-state index is 13.8. The van der Waals surface area contributed by atoms with Gasteiger partial charge in [0.15, 0.2) is 0 Å². The summed E-state index contributed by atoms with van der Waals surface area (Å²) in [5.74, 6) is -1.82. The van der Waals surface area contributed by atoms with Crippen LogP contribution in [0.15, 0.2) is 47.4 Å². The van der Waals surface area contributed by atoms with Crippen molar-refractivity contribution in [1.82, 2.24) is 0 Å². The molecular weight excluding hydrogens is 296 g/mol. The molecule has 3 nitrogen and oxygen atoms in total. The standard InChI is InChI=1S/C15H12F2NO2S/c1-10-3-6-12(7-4-10)21(19,20)15(18-2)13-8-5-11(16)9-14(13)17/h2-9,15H,1H3/q+1/t15-/m0/s1. The van der Waals surface area contributed by atoms with Crippen molar-refractivity contribution in [3.8, 4) is 6.57 Å². The van der Waals surface area contributed by atoms with Crippen LogP contribution in [0.4, 0.5) is 8.78 Å². The maximum Gasteiger partial charge on any atom is 0.400 e. The molecule has 0 saturated carbocycles. The van der Waals surface area contributed by atoms with Gasteiger partial charge < -0.3 is 0 Å². The molecule has 0 unspecified atom stereocenters. The summed E-state index contributed by atoms with van der Waals surface area (Å²) in [4.78, 5) is 3.24. The zero-order valence-corrected chi connectivity index (χ0v) is 11.9. The molecule has 2 aromatic rings. The molecule has 0 aliphatic heterocycles. The third kappa shape index (κ3) is 2.93. The third-order valence-electron chi connectivity index (χ3n) is 3.01. The van der Waals surface area contributed by atoms with E-state index in [0.29, 0.717) is 6.07 Å². The van der Waals surface area contributed by atoms with Crippen LogP contribution in [0.5, 0.6) is 0 Å². The average Bonchev–Trinajstić information content (AvgIpc) is 2.42. The van der Waals surface area contributed by atoms with Crippen molar-refractivity contribution >= 4 is 9.84 Å². The summed E-state index contributed by atoms with van der Waals surface area (Å²) in [6.07, 6.45) is 0. The highest BCUT2D eigenvalue weighted by Crippen LogP contribution is 2.32. The Kier molecular flexibility index (Phi) is 4.05. The summed E-state index contributed by atoms with van der Waals surface area (Å²) in [6.45, 7) is 6.96. The molecular formula is C15H12F2NO2S+. The molecule has 0 heterocycles. The minimum Gasteiger partial charge on any atom is -0.215 e. The van der Waals surface area contributed by atoms with Crippen LogP contribution in [0.3, 0.4) is 0 Å². The zero-order valence-electron chi connectivity index (χ0n) is 11.1. The fourth-order valence-electron chi connectivity index (χ4n) is 1.89. The molecule has 0 saturated heterocycles. The van der Waals surface area contributed by atoms with Crippen molar-refractivity contribution in [3.63, 3.8) is 0 Å². The average molecular weight is 308 g/mol. The normalized spacial score (nSPS) is 12.7. The molecule has 2 rings (SSSR count). The molecule has 0 radical (unpaired) electrons. The van der Waals surface area contributed by atoms with Gasteiger partial charge in [-0.3, -0.25) is 0 Å². The van der Waals surface area contributed by atoms with Crippen molar-refractivity contribution < 1.29 is 17.2 Å². The minimum absolute atomic E-state index is 0.0315. The molecule has 0 fully saturated rings. The molecule has 0 spiro atoms. The minimum atomic E-state index is -4.01. The number of hydrogen-bond donors (Lipinski definition) is 0.